The molecule has 0 heterocycles. The number of carboxylic acids is 1. The van der Waals surface area contributed by atoms with Crippen LogP contribution in [0.1, 0.15) is 143 Å². The third kappa shape index (κ3) is 8.19. The Morgan fingerprint density at radius 1 is 0.930 bits per heavy atom. The summed E-state index contributed by atoms with van der Waals surface area (Å²) >= 11 is 0. The second-order valence-electron chi connectivity index (χ2n) is 15.5. The molecule has 4 saturated carbocycles. The van der Waals surface area contributed by atoms with Crippen molar-refractivity contribution in [1.29, 1.82) is 0 Å². The summed E-state index contributed by atoms with van der Waals surface area (Å²) in [4.78, 5) is 10.9. The Kier molecular flexibility index (Phi) is 13.1. The molecule has 4 heteroatoms. The van der Waals surface area contributed by atoms with Gasteiger partial charge in [-0.05, 0) is 162 Å². The van der Waals surface area contributed by atoms with Gasteiger partial charge in [0.2, 0.25) is 0 Å². The zero-order chi connectivity index (χ0) is 31.8. The van der Waals surface area contributed by atoms with Gasteiger partial charge in [-0.1, -0.05) is 52.7 Å². The van der Waals surface area contributed by atoms with Gasteiger partial charge in [0, 0.05) is 6.61 Å². The van der Waals surface area contributed by atoms with Crippen molar-refractivity contribution in [2.24, 2.45) is 45.8 Å². The number of hydrogen-bond donors (Lipinski definition) is 2. The van der Waals surface area contributed by atoms with Crippen molar-refractivity contribution in [3.05, 3.63) is 29.3 Å². The van der Waals surface area contributed by atoms with Crippen LogP contribution in [0.25, 0.3) is 0 Å². The first-order valence-corrected chi connectivity index (χ1v) is 18.0. The summed E-state index contributed by atoms with van der Waals surface area (Å²) in [6.45, 7) is 17.8. The highest BCUT2D eigenvalue weighted by molar-refractivity contribution is 5.73. The molecule has 0 aliphatic heterocycles. The minimum Gasteiger partial charge on any atom is -0.493 e. The topological polar surface area (TPSA) is 66.8 Å². The monoisotopic (exact) mass is 598 g/mol. The molecule has 0 radical (unpaired) electrons. The van der Waals surface area contributed by atoms with Crippen molar-refractivity contribution < 1.29 is 19.7 Å². The Morgan fingerprint density at radius 3 is 2.35 bits per heavy atom. The lowest BCUT2D eigenvalue weighted by Gasteiger charge is -2.60. The number of aliphatic hydroxyl groups is 1. The van der Waals surface area contributed by atoms with E-state index in [1.54, 1.807) is 13.8 Å². The quantitative estimate of drug-likeness (QED) is 0.278. The third-order valence-corrected chi connectivity index (χ3v) is 12.6. The van der Waals surface area contributed by atoms with Crippen LogP contribution in [0.5, 0.6) is 5.75 Å². The van der Waals surface area contributed by atoms with E-state index in [0.717, 1.165) is 53.7 Å². The third-order valence-electron chi connectivity index (χ3n) is 12.6. The van der Waals surface area contributed by atoms with E-state index in [1.807, 2.05) is 39.8 Å². The number of hydrogen-bond acceptors (Lipinski definition) is 3. The molecule has 2 N–H and O–H groups in total. The van der Waals surface area contributed by atoms with Crippen molar-refractivity contribution in [2.75, 3.05) is 13.2 Å². The molecule has 1 aromatic carbocycles. The van der Waals surface area contributed by atoms with Gasteiger partial charge in [0.05, 0.1) is 12.0 Å². The predicted octanol–water partition coefficient (Wildman–Crippen LogP) is 10.4. The maximum atomic E-state index is 10.9. The van der Waals surface area contributed by atoms with Gasteiger partial charge in [-0.25, -0.2) is 0 Å². The van der Waals surface area contributed by atoms with E-state index in [9.17, 15) is 9.90 Å². The molecule has 7 atom stereocenters. The van der Waals surface area contributed by atoms with Gasteiger partial charge in [0.25, 0.3) is 0 Å². The maximum Gasteiger partial charge on any atom is 0.309 e. The number of aliphatic carboxylic acids is 1. The lowest BCUT2D eigenvalue weighted by Crippen LogP contribution is -2.52. The Hall–Kier alpha value is -1.55. The number of carbonyl (C=O) groups is 1. The minimum absolute atomic E-state index is 0.392. The maximum absolute atomic E-state index is 10.9. The van der Waals surface area contributed by atoms with Crippen LogP contribution in [0.2, 0.25) is 0 Å². The Balaban J connectivity index is 0.000000230. The molecule has 43 heavy (non-hydrogen) atoms. The van der Waals surface area contributed by atoms with Crippen LogP contribution in [-0.2, 0) is 4.79 Å². The molecule has 4 nitrogen and oxygen atoms in total. The predicted molar refractivity (Wildman–Crippen MR) is 180 cm³/mol. The van der Waals surface area contributed by atoms with Crippen LogP contribution in [0, 0.1) is 59.7 Å². The van der Waals surface area contributed by atoms with Crippen LogP contribution in [0.15, 0.2) is 18.2 Å². The number of aryl methyl sites for hydroxylation is 2. The van der Waals surface area contributed by atoms with Crippen LogP contribution in [0.4, 0.5) is 0 Å². The molecule has 4 fully saturated rings. The molecule has 1 aromatic rings. The van der Waals surface area contributed by atoms with E-state index >= 15 is 0 Å². The SMILES string of the molecule is CC.CC12CCCCC1CCC1C2CCC2(C)C(CCCO)CCC12.Cc1ccc(C)c(OCCCC(C)(C)C(=O)O)c1. The molecule has 0 saturated heterocycles. The molecule has 0 bridgehead atoms. The molecular weight excluding hydrogens is 532 g/mol. The fraction of sp³-hybridized carbons (Fsp3) is 0.821. The van der Waals surface area contributed by atoms with Crippen molar-refractivity contribution in [1.82, 2.24) is 0 Å². The average molecular weight is 599 g/mol. The highest BCUT2D eigenvalue weighted by Crippen LogP contribution is 2.67. The molecule has 0 spiro atoms. The number of aliphatic hydroxyl groups excluding tert-OH is 1. The lowest BCUT2D eigenvalue weighted by atomic mass is 9.45. The Bertz CT molecular complexity index is 1020. The van der Waals surface area contributed by atoms with Crippen LogP contribution < -0.4 is 4.74 Å². The smallest absolute Gasteiger partial charge is 0.309 e. The Morgan fingerprint density at radius 2 is 1.65 bits per heavy atom. The fourth-order valence-corrected chi connectivity index (χ4v) is 9.88. The standard InChI is InChI=1S/C22H38O.C15H22O3.C2H6/c1-21-13-4-3-6-16(21)8-10-18-19-11-9-17(7-5-15-23)22(19,2)14-12-20(18)21;1-11-6-7-12(2)13(10-11)18-9-5-8-15(3,4)14(16)17;1-2/h16-20,23H,3-15H2,1-2H3;6-7,10H,5,8-9H2,1-4H3,(H,16,17);1-2H3. The summed E-state index contributed by atoms with van der Waals surface area (Å²) in [6, 6.07) is 6.10. The fourth-order valence-electron chi connectivity index (χ4n) is 9.88. The highest BCUT2D eigenvalue weighted by Gasteiger charge is 2.59. The lowest BCUT2D eigenvalue weighted by molar-refractivity contribution is -0.147. The molecule has 4 aliphatic carbocycles. The first-order chi connectivity index (χ1) is 20.4. The van der Waals surface area contributed by atoms with Gasteiger partial charge in [0.1, 0.15) is 5.75 Å². The Labute approximate surface area is 264 Å². The van der Waals surface area contributed by atoms with E-state index in [2.05, 4.69) is 19.9 Å². The normalized spacial score (nSPS) is 33.0. The average Bonchev–Trinajstić information content (AvgIpc) is 3.33. The number of carboxylic acid groups (broad SMARTS) is 1. The van der Waals surface area contributed by atoms with Gasteiger partial charge in [0.15, 0.2) is 0 Å². The zero-order valence-corrected chi connectivity index (χ0v) is 29.1. The van der Waals surface area contributed by atoms with E-state index in [4.69, 9.17) is 9.84 Å². The largest absolute Gasteiger partial charge is 0.493 e. The van der Waals surface area contributed by atoms with Crippen molar-refractivity contribution in [3.63, 3.8) is 0 Å². The zero-order valence-electron chi connectivity index (χ0n) is 29.1. The summed E-state index contributed by atoms with van der Waals surface area (Å²) < 4.78 is 5.70. The second-order valence-corrected chi connectivity index (χ2v) is 15.5. The summed E-state index contributed by atoms with van der Waals surface area (Å²) in [5.74, 6) is 5.16. The number of ether oxygens (including phenoxy) is 1. The van der Waals surface area contributed by atoms with Gasteiger partial charge in [-0.15, -0.1) is 0 Å². The number of benzene rings is 1. The summed E-state index contributed by atoms with van der Waals surface area (Å²) in [7, 11) is 0. The molecule has 7 unspecified atom stereocenters. The van der Waals surface area contributed by atoms with Crippen molar-refractivity contribution in [3.8, 4) is 5.75 Å². The van der Waals surface area contributed by atoms with E-state index < -0.39 is 11.4 Å². The van der Waals surface area contributed by atoms with Gasteiger partial charge in [-0.2, -0.15) is 0 Å². The summed E-state index contributed by atoms with van der Waals surface area (Å²) in [5, 5.41) is 18.3. The molecule has 0 amide bonds. The number of fused-ring (bicyclic) bond motifs is 5. The van der Waals surface area contributed by atoms with Crippen LogP contribution in [0.3, 0.4) is 0 Å². The number of rotatable bonds is 9. The van der Waals surface area contributed by atoms with E-state index in [-0.39, 0.29) is 0 Å². The van der Waals surface area contributed by atoms with Crippen LogP contribution >= 0.6 is 0 Å². The second kappa shape index (κ2) is 15.6. The van der Waals surface area contributed by atoms with E-state index in [0.29, 0.717) is 30.5 Å². The van der Waals surface area contributed by atoms with Gasteiger partial charge < -0.3 is 14.9 Å². The van der Waals surface area contributed by atoms with Gasteiger partial charge >= 0.3 is 5.97 Å². The van der Waals surface area contributed by atoms with Crippen molar-refractivity contribution >= 4 is 5.97 Å². The van der Waals surface area contributed by atoms with E-state index in [1.165, 1.54) is 76.2 Å². The first kappa shape index (κ1) is 35.9. The summed E-state index contributed by atoms with van der Waals surface area (Å²) in [5.41, 5.74) is 2.89. The van der Waals surface area contributed by atoms with Crippen molar-refractivity contribution in [2.45, 2.75) is 145 Å². The molecule has 0 aromatic heterocycles. The molecule has 5 rings (SSSR count). The molecular formula is C39H66O4. The molecule has 4 aliphatic rings. The summed E-state index contributed by atoms with van der Waals surface area (Å²) in [6.07, 6.45) is 18.7. The first-order valence-electron chi connectivity index (χ1n) is 18.0. The van der Waals surface area contributed by atoms with Crippen LogP contribution in [-0.4, -0.2) is 29.4 Å². The minimum atomic E-state index is -0.755. The van der Waals surface area contributed by atoms with Gasteiger partial charge in [-0.3, -0.25) is 4.79 Å². The highest BCUT2D eigenvalue weighted by atomic mass is 16.5. The molecule has 246 valence electrons.